The number of carbonyl (C=O) groups excluding carboxylic acids is 1. The van der Waals surface area contributed by atoms with Crippen LogP contribution in [0.25, 0.3) is 0 Å². The number of methoxy groups -OCH3 is 2. The van der Waals surface area contributed by atoms with Crippen LogP contribution in [0.15, 0.2) is 34.5 Å². The van der Waals surface area contributed by atoms with Crippen molar-refractivity contribution in [3.8, 4) is 0 Å². The Kier molecular flexibility index (Phi) is 23.8. The second-order valence-electron chi connectivity index (χ2n) is 24.3. The minimum Gasteiger partial charge on any atom is -0.459 e. The summed E-state index contributed by atoms with van der Waals surface area (Å²) in [6.45, 7) is 19.5. The Balaban J connectivity index is 1.21. The number of esters is 1. The first kappa shape index (κ1) is 65.1. The number of rotatable bonds is 18. The normalized spacial score (nSPS) is 41.2. The zero-order valence-electron chi connectivity index (χ0n) is 49.3. The summed E-state index contributed by atoms with van der Waals surface area (Å²) in [5, 5.41) is 61.8. The number of hydrogen-bond donors (Lipinski definition) is 7. The number of cyclic esters (lactones) is 1. The number of allylic oxidation sites excluding steroid dienone is 3. The van der Waals surface area contributed by atoms with E-state index >= 15 is 4.39 Å². The summed E-state index contributed by atoms with van der Waals surface area (Å²) in [5.41, 5.74) is 3.69. The van der Waals surface area contributed by atoms with Crippen molar-refractivity contribution in [2.24, 2.45) is 23.7 Å². The molecule has 0 aromatic rings. The van der Waals surface area contributed by atoms with Gasteiger partial charge in [0.1, 0.15) is 48.8 Å². The Bertz CT molecular complexity index is 2000. The van der Waals surface area contributed by atoms with Crippen LogP contribution in [0.3, 0.4) is 0 Å². The van der Waals surface area contributed by atoms with Crippen LogP contribution >= 0.6 is 11.8 Å². The van der Waals surface area contributed by atoms with Gasteiger partial charge in [-0.05, 0) is 130 Å². The maximum atomic E-state index is 15.0. The van der Waals surface area contributed by atoms with Crippen LogP contribution in [0.1, 0.15) is 127 Å². The molecule has 19 nitrogen and oxygen atoms in total. The van der Waals surface area contributed by atoms with E-state index in [9.17, 15) is 30.3 Å². The SMILES string of the molecule is CC[C@H]1OC(=O)[C@H](C)[C@@H](O[C@H]2C[C@@](C)(OC)[C@@H](O)[C@H](C)O2)[C@H](C)[C@@H](O[C@@H]2O[C@H](C)C[C@H](N(C)CCC3=CN([C@H](CF)[C@H](OC)C4=CC=C(SCC5CCOCC5)CC4)NN3)[C@H]2O)[C@](C)(O)C[C@@H](C)CN(C)[C@H](C)[C@@H](O)[C@]1(C)O. The number of halogens is 1. The van der Waals surface area contributed by atoms with Gasteiger partial charge in [0.25, 0.3) is 0 Å². The van der Waals surface area contributed by atoms with Crippen molar-refractivity contribution in [2.45, 2.75) is 229 Å². The number of thioether (sulfide) groups is 1. The zero-order chi connectivity index (χ0) is 57.4. The van der Waals surface area contributed by atoms with E-state index in [4.69, 9.17) is 37.9 Å². The van der Waals surface area contributed by atoms with Gasteiger partial charge in [-0.1, -0.05) is 32.9 Å². The molecule has 0 spiro atoms. The number of hydrazine groups is 2. The van der Waals surface area contributed by atoms with Gasteiger partial charge in [-0.2, -0.15) is 0 Å². The van der Waals surface area contributed by atoms with Gasteiger partial charge in [-0.25, -0.2) is 4.39 Å². The number of aliphatic hydroxyl groups is 5. The van der Waals surface area contributed by atoms with E-state index in [1.807, 2.05) is 57.7 Å². The lowest BCUT2D eigenvalue weighted by molar-refractivity contribution is -0.318. The van der Waals surface area contributed by atoms with Crippen LogP contribution in [0.5, 0.6) is 0 Å². The number of likely N-dealkylation sites (N-methyl/N-ethyl adjacent to an activating group) is 2. The molecule has 4 fully saturated rings. The van der Waals surface area contributed by atoms with Crippen LogP contribution in [0, 0.1) is 23.7 Å². The molecule has 0 saturated carbocycles. The van der Waals surface area contributed by atoms with Crippen LogP contribution in [0.4, 0.5) is 4.39 Å². The first-order valence-corrected chi connectivity index (χ1v) is 29.7. The van der Waals surface area contributed by atoms with Crippen LogP contribution < -0.4 is 11.0 Å². The Morgan fingerprint density at radius 3 is 2.31 bits per heavy atom. The summed E-state index contributed by atoms with van der Waals surface area (Å²) < 4.78 is 65.0. The lowest BCUT2D eigenvalue weighted by Crippen LogP contribution is -2.61. The first-order valence-electron chi connectivity index (χ1n) is 28.7. The molecule has 0 aromatic heterocycles. The van der Waals surface area contributed by atoms with E-state index in [1.165, 1.54) is 18.9 Å². The number of nitrogens with one attached hydrogen (secondary N) is 2. The second-order valence-corrected chi connectivity index (χ2v) is 25.5. The molecule has 6 rings (SSSR count). The molecule has 0 unspecified atom stereocenters. The largest absolute Gasteiger partial charge is 0.459 e. The average Bonchev–Trinajstić information content (AvgIpc) is 3.91. The van der Waals surface area contributed by atoms with Crippen molar-refractivity contribution in [2.75, 3.05) is 67.0 Å². The van der Waals surface area contributed by atoms with Crippen molar-refractivity contribution in [1.82, 2.24) is 25.8 Å². The van der Waals surface area contributed by atoms with E-state index in [2.05, 4.69) is 28.0 Å². The lowest BCUT2D eigenvalue weighted by Gasteiger charge is -2.49. The maximum absolute atomic E-state index is 15.0. The molecule has 0 aromatic carbocycles. The maximum Gasteiger partial charge on any atom is 0.311 e. The fourth-order valence-corrected chi connectivity index (χ4v) is 14.0. The zero-order valence-corrected chi connectivity index (χ0v) is 50.1. The fraction of sp³-hybridized carbons (Fsp3) is 0.877. The smallest absolute Gasteiger partial charge is 0.311 e. The molecule has 1 aliphatic carbocycles. The van der Waals surface area contributed by atoms with Crippen LogP contribution in [0.2, 0.25) is 0 Å². The highest BCUT2D eigenvalue weighted by Gasteiger charge is 2.53. The highest BCUT2D eigenvalue weighted by atomic mass is 32.2. The molecule has 78 heavy (non-hydrogen) atoms. The number of nitrogens with zero attached hydrogens (tertiary/aromatic N) is 3. The van der Waals surface area contributed by atoms with Gasteiger partial charge in [0.05, 0.1) is 41.5 Å². The summed E-state index contributed by atoms with van der Waals surface area (Å²) in [6.07, 6.45) is 0.835. The molecule has 0 radical (unpaired) electrons. The van der Waals surface area contributed by atoms with Gasteiger partial charge in [0.15, 0.2) is 12.6 Å². The number of ether oxygens (including phenoxy) is 8. The number of alkyl halides is 1. The van der Waals surface area contributed by atoms with Gasteiger partial charge in [0, 0.05) is 89.0 Å². The molecule has 7 N–H and O–H groups in total. The van der Waals surface area contributed by atoms with Crippen molar-refractivity contribution in [1.29, 1.82) is 0 Å². The van der Waals surface area contributed by atoms with E-state index in [1.54, 1.807) is 53.7 Å². The Morgan fingerprint density at radius 1 is 0.974 bits per heavy atom. The van der Waals surface area contributed by atoms with Crippen molar-refractivity contribution in [3.05, 3.63) is 34.5 Å². The molecule has 6 aliphatic rings. The molecule has 5 aliphatic heterocycles. The molecule has 0 bridgehead atoms. The van der Waals surface area contributed by atoms with Gasteiger partial charge >= 0.3 is 5.97 Å². The van der Waals surface area contributed by atoms with E-state index in [0.29, 0.717) is 31.8 Å². The van der Waals surface area contributed by atoms with Gasteiger partial charge in [-0.15, -0.1) is 17.3 Å². The quantitative estimate of drug-likeness (QED) is 0.0903. The highest BCUT2D eigenvalue weighted by molar-refractivity contribution is 8.03. The van der Waals surface area contributed by atoms with E-state index < -0.39 is 121 Å². The summed E-state index contributed by atoms with van der Waals surface area (Å²) in [4.78, 5) is 19.9. The molecular weight excluding hydrogens is 1030 g/mol. The minimum absolute atomic E-state index is 0.0934. The molecule has 20 atom stereocenters. The third-order valence-electron chi connectivity index (χ3n) is 18.0. The lowest BCUT2D eigenvalue weighted by atomic mass is 9.77. The number of hydrogen-bond acceptors (Lipinski definition) is 20. The Labute approximate surface area is 469 Å². The van der Waals surface area contributed by atoms with Crippen LogP contribution in [-0.2, 0) is 42.7 Å². The number of aliphatic hydroxyl groups excluding tert-OH is 3. The standard InChI is InChI=1S/C57H100FN5O14S/c1-15-45-57(10,69)50(65)37(6)62(12)30-33(2)27-55(8,68)52(35(4)48(36(5)53(67)75-45)76-46-28-56(9,71-14)51(66)38(7)74-46)77-54-47(64)43(26-34(3)73-54)61(11)23-20-41-31-63(60-59-41)44(29-58)49(70-13)40-16-18-42(19-17-40)78-32-39-21-24-72-25-22-39/h16,18,31,33-39,43-52,54,59-60,64-66,68-69H,15,17,19-30,32H2,1-14H3/t33-,34-,35+,36-,37-,38+,43+,44-,45-,46+,47-,48+,49-,50-,51+,52-,54+,55-,56-,57-/m1/s1. The van der Waals surface area contributed by atoms with E-state index in [0.717, 1.165) is 55.9 Å². The summed E-state index contributed by atoms with van der Waals surface area (Å²) in [6, 6.07) is -1.66. The molecule has 0 amide bonds. The molecule has 5 heterocycles. The van der Waals surface area contributed by atoms with Crippen molar-refractivity contribution < 1.29 is 72.6 Å². The van der Waals surface area contributed by atoms with Gasteiger partial charge in [-0.3, -0.25) is 9.80 Å². The molecule has 21 heteroatoms. The van der Waals surface area contributed by atoms with Crippen molar-refractivity contribution >= 4 is 17.7 Å². The van der Waals surface area contributed by atoms with Crippen LogP contribution in [-0.4, -0.2) is 216 Å². The summed E-state index contributed by atoms with van der Waals surface area (Å²) >= 11 is 1.92. The average molecular weight is 1130 g/mol. The first-order chi connectivity index (χ1) is 36.8. The van der Waals surface area contributed by atoms with Crippen molar-refractivity contribution in [3.63, 3.8) is 0 Å². The summed E-state index contributed by atoms with van der Waals surface area (Å²) in [7, 11) is 6.90. The predicted octanol–water partition coefficient (Wildman–Crippen LogP) is 4.94. The molecule has 4 saturated heterocycles. The molecule has 450 valence electrons. The number of carbonyl (C=O) groups is 1. The third-order valence-corrected chi connectivity index (χ3v) is 19.3. The summed E-state index contributed by atoms with van der Waals surface area (Å²) in [5.74, 6) is -1.07. The Morgan fingerprint density at radius 2 is 1.68 bits per heavy atom. The van der Waals surface area contributed by atoms with Gasteiger partial charge in [0.2, 0.25) is 0 Å². The monoisotopic (exact) mass is 1130 g/mol. The molecular formula is C57H100FN5O14S. The third kappa shape index (κ3) is 15.8. The topological polar surface area (TPSA) is 226 Å². The van der Waals surface area contributed by atoms with E-state index in [-0.39, 0.29) is 31.3 Å². The fourth-order valence-electron chi connectivity index (χ4n) is 12.8. The highest BCUT2D eigenvalue weighted by Crippen LogP contribution is 2.41. The Hall–Kier alpha value is -2.03. The minimum atomic E-state index is -1.85. The predicted molar refractivity (Wildman–Crippen MR) is 296 cm³/mol. The second kappa shape index (κ2) is 28.5. The van der Waals surface area contributed by atoms with Gasteiger partial charge < -0.3 is 78.7 Å².